The molecule has 0 saturated carbocycles. The van der Waals surface area contributed by atoms with Crippen LogP contribution < -0.4 is 10.1 Å². The Morgan fingerprint density at radius 3 is 2.76 bits per heavy atom. The van der Waals surface area contributed by atoms with Crippen LogP contribution in [0.1, 0.15) is 29.7 Å². The van der Waals surface area contributed by atoms with Gasteiger partial charge in [-0.05, 0) is 54.8 Å². The molecule has 0 bridgehead atoms. The van der Waals surface area contributed by atoms with Crippen LogP contribution in [0.25, 0.3) is 0 Å². The Bertz CT molecular complexity index is 685. The summed E-state index contributed by atoms with van der Waals surface area (Å²) in [4.78, 5) is 0. The minimum atomic E-state index is 0.146. The van der Waals surface area contributed by atoms with Gasteiger partial charge in [0.05, 0.1) is 17.3 Å². The first-order valence-electron chi connectivity index (χ1n) is 7.02. The summed E-state index contributed by atoms with van der Waals surface area (Å²) in [5.41, 5.74) is 4.33. The van der Waals surface area contributed by atoms with Crippen molar-refractivity contribution in [2.45, 2.75) is 26.3 Å². The first-order valence-corrected chi connectivity index (χ1v) is 7.78. The number of nitrogens with one attached hydrogen (secondary N) is 1. The standard InChI is InChI=1S/C17H17Cl2NO/c1-10-7-15(19)16(9-14(10)18)20-11(2)12-3-4-17-13(8-12)5-6-21-17/h3-4,7-9,11,20H,5-6H2,1-2H3. The van der Waals surface area contributed by atoms with Gasteiger partial charge < -0.3 is 10.1 Å². The van der Waals surface area contributed by atoms with Gasteiger partial charge in [0.25, 0.3) is 0 Å². The molecular weight excluding hydrogens is 305 g/mol. The summed E-state index contributed by atoms with van der Waals surface area (Å²) in [6.07, 6.45) is 0.979. The number of anilines is 1. The summed E-state index contributed by atoms with van der Waals surface area (Å²) in [5, 5.41) is 4.84. The zero-order valence-corrected chi connectivity index (χ0v) is 13.6. The Morgan fingerprint density at radius 2 is 1.95 bits per heavy atom. The van der Waals surface area contributed by atoms with Gasteiger partial charge in [-0.2, -0.15) is 0 Å². The van der Waals surface area contributed by atoms with E-state index in [0.717, 1.165) is 35.1 Å². The zero-order chi connectivity index (χ0) is 15.0. The molecule has 1 aliphatic rings. The van der Waals surface area contributed by atoms with Gasteiger partial charge in [0.2, 0.25) is 0 Å². The molecular formula is C17H17Cl2NO. The van der Waals surface area contributed by atoms with E-state index in [1.165, 1.54) is 11.1 Å². The molecule has 0 aromatic heterocycles. The molecule has 0 fully saturated rings. The van der Waals surface area contributed by atoms with Crippen molar-refractivity contribution in [3.63, 3.8) is 0 Å². The second-order valence-corrected chi connectivity index (χ2v) is 6.23. The van der Waals surface area contributed by atoms with E-state index in [-0.39, 0.29) is 6.04 Å². The third-order valence-electron chi connectivity index (χ3n) is 3.83. The third kappa shape index (κ3) is 2.97. The fraction of sp³-hybridized carbons (Fsp3) is 0.294. The highest BCUT2D eigenvalue weighted by molar-refractivity contribution is 6.35. The van der Waals surface area contributed by atoms with Crippen molar-refractivity contribution in [3.8, 4) is 5.75 Å². The smallest absolute Gasteiger partial charge is 0.122 e. The van der Waals surface area contributed by atoms with E-state index in [2.05, 4.69) is 24.4 Å². The normalized spacial score (nSPS) is 14.5. The molecule has 2 aromatic rings. The first kappa shape index (κ1) is 14.6. The number of halogens is 2. The predicted octanol–water partition coefficient (Wildman–Crippen LogP) is 5.41. The van der Waals surface area contributed by atoms with Crippen LogP contribution in [0.15, 0.2) is 30.3 Å². The van der Waals surface area contributed by atoms with Gasteiger partial charge in [0, 0.05) is 17.5 Å². The van der Waals surface area contributed by atoms with Gasteiger partial charge >= 0.3 is 0 Å². The second-order valence-electron chi connectivity index (χ2n) is 5.41. The minimum Gasteiger partial charge on any atom is -0.493 e. The number of hydrogen-bond donors (Lipinski definition) is 1. The molecule has 1 atom stereocenters. The summed E-state index contributed by atoms with van der Waals surface area (Å²) >= 11 is 12.5. The molecule has 1 N–H and O–H groups in total. The molecule has 1 heterocycles. The summed E-state index contributed by atoms with van der Waals surface area (Å²) in [6.45, 7) is 4.84. The molecule has 1 unspecified atom stereocenters. The molecule has 3 rings (SSSR count). The van der Waals surface area contributed by atoms with Gasteiger partial charge in [0.15, 0.2) is 0 Å². The highest BCUT2D eigenvalue weighted by Crippen LogP contribution is 2.33. The SMILES string of the molecule is Cc1cc(Cl)c(NC(C)c2ccc3c(c2)CCO3)cc1Cl. The van der Waals surface area contributed by atoms with Crippen molar-refractivity contribution < 1.29 is 4.74 Å². The lowest BCUT2D eigenvalue weighted by molar-refractivity contribution is 0.357. The van der Waals surface area contributed by atoms with E-state index in [0.29, 0.717) is 5.02 Å². The fourth-order valence-electron chi connectivity index (χ4n) is 2.55. The molecule has 2 nitrogen and oxygen atoms in total. The molecule has 0 amide bonds. The number of aryl methyl sites for hydroxylation is 1. The Hall–Kier alpha value is -1.38. The lowest BCUT2D eigenvalue weighted by Gasteiger charge is -2.18. The van der Waals surface area contributed by atoms with E-state index >= 15 is 0 Å². The second kappa shape index (κ2) is 5.78. The van der Waals surface area contributed by atoms with Crippen LogP contribution in [0.4, 0.5) is 5.69 Å². The van der Waals surface area contributed by atoms with Crippen LogP contribution in [0.2, 0.25) is 10.0 Å². The van der Waals surface area contributed by atoms with E-state index in [4.69, 9.17) is 27.9 Å². The first-order chi connectivity index (χ1) is 10.0. The van der Waals surface area contributed by atoms with E-state index < -0.39 is 0 Å². The van der Waals surface area contributed by atoms with E-state index in [9.17, 15) is 0 Å². The van der Waals surface area contributed by atoms with Crippen molar-refractivity contribution in [1.29, 1.82) is 0 Å². The van der Waals surface area contributed by atoms with Crippen molar-refractivity contribution in [1.82, 2.24) is 0 Å². The summed E-state index contributed by atoms with van der Waals surface area (Å²) in [6, 6.07) is 10.2. The molecule has 2 aromatic carbocycles. The lowest BCUT2D eigenvalue weighted by atomic mass is 10.0. The molecule has 21 heavy (non-hydrogen) atoms. The molecule has 0 spiro atoms. The Labute approximate surface area is 135 Å². The van der Waals surface area contributed by atoms with Crippen LogP contribution in [-0.2, 0) is 6.42 Å². The monoisotopic (exact) mass is 321 g/mol. The minimum absolute atomic E-state index is 0.146. The quantitative estimate of drug-likeness (QED) is 0.816. The summed E-state index contributed by atoms with van der Waals surface area (Å²) in [5.74, 6) is 1.00. The maximum absolute atomic E-state index is 6.29. The molecule has 0 saturated heterocycles. The fourth-order valence-corrected chi connectivity index (χ4v) is 2.99. The third-order valence-corrected chi connectivity index (χ3v) is 4.55. The largest absolute Gasteiger partial charge is 0.493 e. The predicted molar refractivity (Wildman–Crippen MR) is 88.9 cm³/mol. The molecule has 4 heteroatoms. The number of fused-ring (bicyclic) bond motifs is 1. The molecule has 110 valence electrons. The van der Waals surface area contributed by atoms with Gasteiger partial charge in [-0.1, -0.05) is 29.3 Å². The van der Waals surface area contributed by atoms with Crippen LogP contribution in [0.5, 0.6) is 5.75 Å². The number of rotatable bonds is 3. The Balaban J connectivity index is 1.83. The van der Waals surface area contributed by atoms with Gasteiger partial charge in [-0.15, -0.1) is 0 Å². The number of benzene rings is 2. The lowest BCUT2D eigenvalue weighted by Crippen LogP contribution is -2.07. The van der Waals surface area contributed by atoms with Gasteiger partial charge in [0.1, 0.15) is 5.75 Å². The van der Waals surface area contributed by atoms with E-state index in [1.807, 2.05) is 25.1 Å². The maximum Gasteiger partial charge on any atom is 0.122 e. The zero-order valence-electron chi connectivity index (χ0n) is 12.0. The van der Waals surface area contributed by atoms with Crippen molar-refractivity contribution in [2.75, 3.05) is 11.9 Å². The van der Waals surface area contributed by atoms with Crippen LogP contribution in [0.3, 0.4) is 0 Å². The average Bonchev–Trinajstić information content (AvgIpc) is 2.92. The highest BCUT2D eigenvalue weighted by Gasteiger charge is 2.15. The number of ether oxygens (including phenoxy) is 1. The van der Waals surface area contributed by atoms with Gasteiger partial charge in [-0.25, -0.2) is 0 Å². The summed E-state index contributed by atoms with van der Waals surface area (Å²) < 4.78 is 5.54. The summed E-state index contributed by atoms with van der Waals surface area (Å²) in [7, 11) is 0. The van der Waals surface area contributed by atoms with Crippen molar-refractivity contribution in [2.24, 2.45) is 0 Å². The molecule has 0 radical (unpaired) electrons. The van der Waals surface area contributed by atoms with Crippen LogP contribution in [0, 0.1) is 6.92 Å². The maximum atomic E-state index is 6.29. The number of hydrogen-bond acceptors (Lipinski definition) is 2. The average molecular weight is 322 g/mol. The Morgan fingerprint density at radius 1 is 1.14 bits per heavy atom. The molecule has 0 aliphatic carbocycles. The van der Waals surface area contributed by atoms with Crippen molar-refractivity contribution in [3.05, 3.63) is 57.1 Å². The highest BCUT2D eigenvalue weighted by atomic mass is 35.5. The van der Waals surface area contributed by atoms with Crippen LogP contribution in [-0.4, -0.2) is 6.61 Å². The van der Waals surface area contributed by atoms with Gasteiger partial charge in [-0.3, -0.25) is 0 Å². The molecule has 1 aliphatic heterocycles. The Kier molecular flexibility index (Phi) is 4.01. The topological polar surface area (TPSA) is 21.3 Å². The van der Waals surface area contributed by atoms with E-state index in [1.54, 1.807) is 0 Å². The van der Waals surface area contributed by atoms with Crippen LogP contribution >= 0.6 is 23.2 Å². The van der Waals surface area contributed by atoms with Crippen molar-refractivity contribution >= 4 is 28.9 Å².